The Labute approximate surface area is 183 Å². The molecule has 162 valence electrons. The van der Waals surface area contributed by atoms with Gasteiger partial charge in [0.05, 0.1) is 25.1 Å². The molecule has 0 saturated heterocycles. The van der Waals surface area contributed by atoms with Gasteiger partial charge in [-0.15, -0.1) is 0 Å². The fourth-order valence-electron chi connectivity index (χ4n) is 3.38. The molecule has 0 radical (unpaired) electrons. The molecule has 0 saturated carbocycles. The molecule has 0 fully saturated rings. The minimum absolute atomic E-state index is 0.333. The minimum Gasteiger partial charge on any atom is -0.497 e. The van der Waals surface area contributed by atoms with E-state index in [1.807, 2.05) is 61.5 Å². The average molecular weight is 439 g/mol. The number of rotatable bonds is 8. The number of sulfonamides is 1. The Morgan fingerprint density at radius 3 is 2.16 bits per heavy atom. The Bertz CT molecular complexity index is 1130. The Morgan fingerprint density at radius 1 is 0.968 bits per heavy atom. The summed E-state index contributed by atoms with van der Waals surface area (Å²) in [6.07, 6.45) is 1.08. The van der Waals surface area contributed by atoms with Crippen molar-refractivity contribution in [1.82, 2.24) is 5.32 Å². The first-order chi connectivity index (χ1) is 14.8. The van der Waals surface area contributed by atoms with Crippen LogP contribution in [0.4, 0.5) is 5.69 Å². The van der Waals surface area contributed by atoms with Gasteiger partial charge in [0.15, 0.2) is 0 Å². The summed E-state index contributed by atoms with van der Waals surface area (Å²) in [5.41, 5.74) is 3.30. The molecule has 0 bridgehead atoms. The van der Waals surface area contributed by atoms with Crippen molar-refractivity contribution in [3.63, 3.8) is 0 Å². The normalized spacial score (nSPS) is 12.1. The minimum atomic E-state index is -3.67. The standard InChI is InChI=1S/C24H26N2O4S/c1-18-9-7-8-12-22(18)24(19-10-5-4-6-11-19)25-23(27)17-26(31(3,28)29)20-13-15-21(30-2)16-14-20/h4-16,24H,17H2,1-3H3,(H,25,27)/t24-/m1/s1. The van der Waals surface area contributed by atoms with Crippen LogP contribution >= 0.6 is 0 Å². The molecule has 1 N–H and O–H groups in total. The molecule has 7 heteroatoms. The molecule has 1 atom stereocenters. The number of nitrogens with zero attached hydrogens (tertiary/aromatic N) is 1. The second-order valence-corrected chi connectivity index (χ2v) is 9.14. The van der Waals surface area contributed by atoms with E-state index in [9.17, 15) is 13.2 Å². The van der Waals surface area contributed by atoms with Crippen molar-refractivity contribution in [2.24, 2.45) is 0 Å². The fourth-order valence-corrected chi connectivity index (χ4v) is 4.24. The highest BCUT2D eigenvalue weighted by atomic mass is 32.2. The number of hydrogen-bond acceptors (Lipinski definition) is 4. The van der Waals surface area contributed by atoms with Gasteiger partial charge in [0, 0.05) is 0 Å². The molecule has 0 unspecified atom stereocenters. The van der Waals surface area contributed by atoms with Gasteiger partial charge in [0.1, 0.15) is 12.3 Å². The molecule has 0 spiro atoms. The van der Waals surface area contributed by atoms with Gasteiger partial charge in [-0.3, -0.25) is 9.10 Å². The molecule has 3 aromatic carbocycles. The number of amides is 1. The van der Waals surface area contributed by atoms with Gasteiger partial charge in [0.2, 0.25) is 15.9 Å². The molecular formula is C24H26N2O4S. The highest BCUT2D eigenvalue weighted by molar-refractivity contribution is 7.92. The van der Waals surface area contributed by atoms with Crippen molar-refractivity contribution in [2.45, 2.75) is 13.0 Å². The molecule has 3 rings (SSSR count). The lowest BCUT2D eigenvalue weighted by molar-refractivity contribution is -0.120. The van der Waals surface area contributed by atoms with Crippen LogP contribution in [0.25, 0.3) is 0 Å². The summed E-state index contributed by atoms with van der Waals surface area (Å²) in [6, 6.07) is 23.6. The van der Waals surface area contributed by atoms with Crippen LogP contribution in [0.3, 0.4) is 0 Å². The summed E-state index contributed by atoms with van der Waals surface area (Å²) < 4.78 is 31.0. The molecule has 3 aromatic rings. The summed E-state index contributed by atoms with van der Waals surface area (Å²) in [5.74, 6) is 0.198. The third kappa shape index (κ3) is 5.64. The number of hydrogen-bond donors (Lipinski definition) is 1. The number of ether oxygens (including phenoxy) is 1. The van der Waals surface area contributed by atoms with Crippen molar-refractivity contribution in [3.8, 4) is 5.75 Å². The predicted molar refractivity (Wildman–Crippen MR) is 123 cm³/mol. The van der Waals surface area contributed by atoms with E-state index in [1.165, 1.54) is 7.11 Å². The summed E-state index contributed by atoms with van der Waals surface area (Å²) in [5, 5.41) is 3.02. The van der Waals surface area contributed by atoms with Gasteiger partial charge in [-0.1, -0.05) is 54.6 Å². The maximum Gasteiger partial charge on any atom is 0.241 e. The number of carbonyl (C=O) groups excluding carboxylic acids is 1. The molecule has 1 amide bonds. The summed E-state index contributed by atoms with van der Waals surface area (Å²) in [7, 11) is -2.14. The summed E-state index contributed by atoms with van der Waals surface area (Å²) in [4.78, 5) is 13.0. The maximum absolute atomic E-state index is 13.0. The summed E-state index contributed by atoms with van der Waals surface area (Å²) in [6.45, 7) is 1.65. The molecule has 0 heterocycles. The Hall–Kier alpha value is -3.32. The van der Waals surface area contributed by atoms with Crippen LogP contribution in [0.5, 0.6) is 5.75 Å². The van der Waals surface area contributed by atoms with Crippen LogP contribution in [0.2, 0.25) is 0 Å². The molecule has 0 aliphatic rings. The number of benzene rings is 3. The third-order valence-electron chi connectivity index (χ3n) is 4.99. The van der Waals surface area contributed by atoms with Crippen LogP contribution in [0.15, 0.2) is 78.9 Å². The highest BCUT2D eigenvalue weighted by Crippen LogP contribution is 2.26. The Kier molecular flexibility index (Phi) is 6.97. The zero-order chi connectivity index (χ0) is 22.4. The van der Waals surface area contributed by atoms with Crippen molar-refractivity contribution in [3.05, 3.63) is 95.6 Å². The largest absolute Gasteiger partial charge is 0.497 e. The van der Waals surface area contributed by atoms with Crippen LogP contribution < -0.4 is 14.4 Å². The quantitative estimate of drug-likeness (QED) is 0.582. The zero-order valence-electron chi connectivity index (χ0n) is 17.8. The summed E-state index contributed by atoms with van der Waals surface area (Å²) >= 11 is 0. The number of methoxy groups -OCH3 is 1. The predicted octanol–water partition coefficient (Wildman–Crippen LogP) is 3.68. The first kappa shape index (κ1) is 22.4. The van der Waals surface area contributed by atoms with Crippen LogP contribution in [-0.2, 0) is 14.8 Å². The van der Waals surface area contributed by atoms with Crippen LogP contribution in [-0.4, -0.2) is 34.2 Å². The molecule has 6 nitrogen and oxygen atoms in total. The van der Waals surface area contributed by atoms with Gasteiger partial charge in [-0.25, -0.2) is 8.42 Å². The van der Waals surface area contributed by atoms with E-state index in [0.29, 0.717) is 11.4 Å². The lowest BCUT2D eigenvalue weighted by Crippen LogP contribution is -2.42. The zero-order valence-corrected chi connectivity index (χ0v) is 18.6. The van der Waals surface area contributed by atoms with Gasteiger partial charge in [-0.2, -0.15) is 0 Å². The van der Waals surface area contributed by atoms with Crippen LogP contribution in [0.1, 0.15) is 22.7 Å². The maximum atomic E-state index is 13.0. The number of nitrogens with one attached hydrogen (secondary N) is 1. The highest BCUT2D eigenvalue weighted by Gasteiger charge is 2.24. The van der Waals surface area contributed by atoms with Crippen molar-refractivity contribution in [1.29, 1.82) is 0 Å². The number of aryl methyl sites for hydroxylation is 1. The first-order valence-electron chi connectivity index (χ1n) is 9.81. The Morgan fingerprint density at radius 2 is 1.58 bits per heavy atom. The van der Waals surface area contributed by atoms with Gasteiger partial charge in [0.25, 0.3) is 0 Å². The lowest BCUT2D eigenvalue weighted by atomic mass is 9.95. The molecule has 0 aliphatic carbocycles. The lowest BCUT2D eigenvalue weighted by Gasteiger charge is -2.25. The fraction of sp³-hybridized carbons (Fsp3) is 0.208. The smallest absolute Gasteiger partial charge is 0.241 e. The third-order valence-corrected chi connectivity index (χ3v) is 6.13. The number of anilines is 1. The van der Waals surface area contributed by atoms with Gasteiger partial charge >= 0.3 is 0 Å². The van der Waals surface area contributed by atoms with E-state index in [4.69, 9.17) is 4.74 Å². The second-order valence-electron chi connectivity index (χ2n) is 7.24. The van der Waals surface area contributed by atoms with Crippen molar-refractivity contribution in [2.75, 3.05) is 24.2 Å². The van der Waals surface area contributed by atoms with E-state index >= 15 is 0 Å². The van der Waals surface area contributed by atoms with E-state index in [-0.39, 0.29) is 6.54 Å². The van der Waals surface area contributed by atoms with Gasteiger partial charge < -0.3 is 10.1 Å². The van der Waals surface area contributed by atoms with E-state index < -0.39 is 22.0 Å². The molecule has 31 heavy (non-hydrogen) atoms. The SMILES string of the molecule is COc1ccc(N(CC(=O)N[C@H](c2ccccc2)c2ccccc2C)S(C)(=O)=O)cc1. The van der Waals surface area contributed by atoms with Crippen molar-refractivity contribution < 1.29 is 17.9 Å². The average Bonchev–Trinajstić information content (AvgIpc) is 2.76. The number of carbonyl (C=O) groups is 1. The van der Waals surface area contributed by atoms with E-state index in [0.717, 1.165) is 27.3 Å². The Balaban J connectivity index is 1.89. The second kappa shape index (κ2) is 9.66. The first-order valence-corrected chi connectivity index (χ1v) is 11.7. The monoisotopic (exact) mass is 438 g/mol. The molecule has 0 aromatic heterocycles. The van der Waals surface area contributed by atoms with Crippen LogP contribution in [0, 0.1) is 6.92 Å². The van der Waals surface area contributed by atoms with E-state index in [2.05, 4.69) is 5.32 Å². The van der Waals surface area contributed by atoms with Gasteiger partial charge in [-0.05, 0) is 47.9 Å². The topological polar surface area (TPSA) is 75.7 Å². The molecular weight excluding hydrogens is 412 g/mol. The molecule has 0 aliphatic heterocycles. The van der Waals surface area contributed by atoms with E-state index in [1.54, 1.807) is 24.3 Å². The van der Waals surface area contributed by atoms with Crippen molar-refractivity contribution >= 4 is 21.6 Å².